The quantitative estimate of drug-likeness (QED) is 0.556. The van der Waals surface area contributed by atoms with Crippen LogP contribution in [-0.2, 0) is 9.59 Å². The predicted octanol–water partition coefficient (Wildman–Crippen LogP) is 2.97. The van der Waals surface area contributed by atoms with Gasteiger partial charge in [-0.3, -0.25) is 9.59 Å². The molecule has 0 amide bonds. The Morgan fingerprint density at radius 1 is 1.30 bits per heavy atom. The molecule has 0 spiro atoms. The molecule has 0 heterocycles. The van der Waals surface area contributed by atoms with Crippen LogP contribution in [0.5, 0.6) is 0 Å². The summed E-state index contributed by atoms with van der Waals surface area (Å²) in [6, 6.07) is 0. The van der Waals surface area contributed by atoms with Crippen molar-refractivity contribution in [2.24, 2.45) is 28.6 Å². The number of halogens is 2. The second-order valence-electron chi connectivity index (χ2n) is 11.0. The van der Waals surface area contributed by atoms with Crippen LogP contribution in [0.2, 0.25) is 0 Å². The molecule has 4 rings (SSSR count). The first-order valence-electron chi connectivity index (χ1n) is 11.7. The zero-order chi connectivity index (χ0) is 24.6. The van der Waals surface area contributed by atoms with Gasteiger partial charge in [0.1, 0.15) is 11.8 Å². The molecule has 0 saturated heterocycles. The van der Waals surface area contributed by atoms with Crippen LogP contribution in [0.3, 0.4) is 0 Å². The number of hydrogen-bond acceptors (Lipinski definition) is 6. The lowest BCUT2D eigenvalue weighted by Gasteiger charge is -2.63. The summed E-state index contributed by atoms with van der Waals surface area (Å²) in [6.45, 7) is 6.64. The highest BCUT2D eigenvalue weighted by Gasteiger charge is 2.76. The van der Waals surface area contributed by atoms with Crippen LogP contribution in [0.4, 0.5) is 8.78 Å². The number of carbonyl (C=O) groups excluding carboxylic acids is 2. The first-order valence-corrected chi connectivity index (χ1v) is 12.9. The molecule has 5 nitrogen and oxygen atoms in total. The summed E-state index contributed by atoms with van der Waals surface area (Å²) in [5.74, 6) is -2.38. The molecule has 3 fully saturated rings. The highest BCUT2D eigenvalue weighted by molar-refractivity contribution is 8.00. The molecule has 0 aromatic carbocycles. The zero-order valence-electron chi connectivity index (χ0n) is 19.6. The number of aliphatic hydroxyl groups excluding tert-OH is 2. The van der Waals surface area contributed by atoms with Crippen LogP contribution in [-0.4, -0.2) is 68.0 Å². The van der Waals surface area contributed by atoms with Gasteiger partial charge in [0.2, 0.25) is 0 Å². The molecule has 0 aromatic heterocycles. The molecule has 0 aromatic rings. The van der Waals surface area contributed by atoms with E-state index in [1.807, 2.05) is 0 Å². The number of rotatable bonds is 5. The maximum atomic E-state index is 17.1. The number of hydrogen-bond donors (Lipinski definition) is 3. The molecule has 0 radical (unpaired) electrons. The van der Waals surface area contributed by atoms with E-state index in [1.165, 1.54) is 30.8 Å². The first kappa shape index (κ1) is 25.0. The molecule has 2 unspecified atom stereocenters. The maximum absolute atomic E-state index is 17.1. The van der Waals surface area contributed by atoms with Gasteiger partial charge in [-0.1, -0.05) is 19.9 Å². The van der Waals surface area contributed by atoms with Crippen molar-refractivity contribution < 1.29 is 33.7 Å². The fourth-order valence-corrected chi connectivity index (χ4v) is 8.43. The minimum Gasteiger partial charge on any atom is -0.393 e. The minimum absolute atomic E-state index is 0.00321. The summed E-state index contributed by atoms with van der Waals surface area (Å²) in [5.41, 5.74) is -6.56. The van der Waals surface area contributed by atoms with Gasteiger partial charge >= 0.3 is 0 Å². The van der Waals surface area contributed by atoms with E-state index in [0.29, 0.717) is 12.2 Å². The molecule has 8 heteroatoms. The molecule has 33 heavy (non-hydrogen) atoms. The fraction of sp³-hybridized carbons (Fsp3) is 0.760. The van der Waals surface area contributed by atoms with Crippen molar-refractivity contribution in [1.29, 1.82) is 0 Å². The lowest BCUT2D eigenvalue weighted by atomic mass is 9.44. The zero-order valence-corrected chi connectivity index (χ0v) is 20.4. The molecule has 10 atom stereocenters. The minimum atomic E-state index is -2.22. The Morgan fingerprint density at radius 2 is 1.97 bits per heavy atom. The van der Waals surface area contributed by atoms with Crippen molar-refractivity contribution in [1.82, 2.24) is 0 Å². The Morgan fingerprint density at radius 3 is 2.61 bits per heavy atom. The van der Waals surface area contributed by atoms with E-state index in [-0.39, 0.29) is 24.2 Å². The van der Waals surface area contributed by atoms with Crippen molar-refractivity contribution in [3.8, 4) is 0 Å². The predicted molar refractivity (Wildman–Crippen MR) is 122 cm³/mol. The molecule has 4 aliphatic rings. The van der Waals surface area contributed by atoms with Crippen LogP contribution in [0, 0.1) is 28.6 Å². The van der Waals surface area contributed by atoms with Gasteiger partial charge < -0.3 is 15.3 Å². The SMILES string of the molecule is CC(O)CSCC(=O)[C@@]1(O)[C@H](C)C[C@H]2[C@@H]3CC(F)C4=CC(=O)C=C[C@]4(C)[C@@]3(F)[C@@H](O)C[C@@]21C. The second kappa shape index (κ2) is 7.97. The second-order valence-corrected chi connectivity index (χ2v) is 12.1. The average molecular weight is 485 g/mol. The topological polar surface area (TPSA) is 94.8 Å². The van der Waals surface area contributed by atoms with Gasteiger partial charge in [-0.25, -0.2) is 8.78 Å². The van der Waals surface area contributed by atoms with Gasteiger partial charge in [-0.05, 0) is 62.7 Å². The summed E-state index contributed by atoms with van der Waals surface area (Å²) in [7, 11) is 0. The molecule has 3 N–H and O–H groups in total. The van der Waals surface area contributed by atoms with E-state index in [4.69, 9.17) is 0 Å². The van der Waals surface area contributed by atoms with Crippen molar-refractivity contribution in [3.05, 3.63) is 23.8 Å². The Hall–Kier alpha value is -1.09. The van der Waals surface area contributed by atoms with E-state index in [2.05, 4.69) is 0 Å². The van der Waals surface area contributed by atoms with Gasteiger partial charge in [0, 0.05) is 22.5 Å². The third kappa shape index (κ3) is 3.20. The molecule has 4 aliphatic carbocycles. The van der Waals surface area contributed by atoms with Crippen molar-refractivity contribution >= 4 is 23.3 Å². The Kier molecular flexibility index (Phi) is 6.04. The largest absolute Gasteiger partial charge is 0.393 e. The number of ketones is 2. The summed E-state index contributed by atoms with van der Waals surface area (Å²) in [5, 5.41) is 32.6. The van der Waals surface area contributed by atoms with E-state index in [9.17, 15) is 24.9 Å². The summed E-state index contributed by atoms with van der Waals surface area (Å²) in [6.07, 6.45) is 0.0872. The average Bonchev–Trinajstić information content (AvgIpc) is 2.93. The van der Waals surface area contributed by atoms with Gasteiger partial charge in [0.05, 0.1) is 18.0 Å². The van der Waals surface area contributed by atoms with Crippen LogP contribution in [0.1, 0.15) is 47.0 Å². The Bertz CT molecular complexity index is 920. The molecular weight excluding hydrogens is 450 g/mol. The molecule has 0 bridgehead atoms. The Balaban J connectivity index is 1.73. The van der Waals surface area contributed by atoms with E-state index in [0.717, 1.165) is 6.08 Å². The van der Waals surface area contributed by atoms with Crippen LogP contribution < -0.4 is 0 Å². The van der Waals surface area contributed by atoms with E-state index >= 15 is 8.78 Å². The summed E-state index contributed by atoms with van der Waals surface area (Å²) >= 11 is 1.23. The summed E-state index contributed by atoms with van der Waals surface area (Å²) < 4.78 is 32.5. The van der Waals surface area contributed by atoms with Crippen LogP contribution >= 0.6 is 11.8 Å². The highest BCUT2D eigenvalue weighted by atomic mass is 32.2. The number of aliphatic hydroxyl groups is 3. The lowest BCUT2D eigenvalue weighted by molar-refractivity contribution is -0.222. The van der Waals surface area contributed by atoms with Gasteiger partial charge in [0.25, 0.3) is 0 Å². The van der Waals surface area contributed by atoms with Crippen LogP contribution in [0.25, 0.3) is 0 Å². The number of fused-ring (bicyclic) bond motifs is 5. The molecule has 184 valence electrons. The van der Waals surface area contributed by atoms with Crippen LogP contribution in [0.15, 0.2) is 23.8 Å². The number of alkyl halides is 2. The smallest absolute Gasteiger partial charge is 0.178 e. The number of Topliss-reactive ketones (excluding diaryl/α,β-unsaturated/α-hetero) is 1. The molecule has 3 saturated carbocycles. The monoisotopic (exact) mass is 484 g/mol. The van der Waals surface area contributed by atoms with Gasteiger partial charge in [-0.2, -0.15) is 11.8 Å². The standard InChI is InChI=1S/C25H34F2O5S/c1-13-7-16-17-9-19(26)18-8-15(29)5-6-22(18,3)24(17,27)20(30)10-23(16,4)25(13,32)21(31)12-33-11-14(2)28/h5-6,8,13-14,16-17,19-20,28,30,32H,7,9-12H2,1-4H3/t13-,14?,16+,17+,19?,20+,22+,23+,24+,25+/m1/s1. The molecular formula is C25H34F2O5S. The number of allylic oxidation sites excluding steroid dienone is 4. The van der Waals surface area contributed by atoms with Gasteiger partial charge in [0.15, 0.2) is 17.2 Å². The number of thioether (sulfide) groups is 1. The number of carbonyl (C=O) groups is 2. The van der Waals surface area contributed by atoms with Crippen molar-refractivity contribution in [2.75, 3.05) is 11.5 Å². The van der Waals surface area contributed by atoms with E-state index < -0.39 is 69.8 Å². The first-order chi connectivity index (χ1) is 15.2. The van der Waals surface area contributed by atoms with Crippen molar-refractivity contribution in [2.45, 2.75) is 76.6 Å². The summed E-state index contributed by atoms with van der Waals surface area (Å²) in [4.78, 5) is 25.2. The Labute approximate surface area is 197 Å². The third-order valence-corrected chi connectivity index (χ3v) is 10.4. The maximum Gasteiger partial charge on any atom is 0.178 e. The van der Waals surface area contributed by atoms with E-state index in [1.54, 1.807) is 20.8 Å². The van der Waals surface area contributed by atoms with Gasteiger partial charge in [-0.15, -0.1) is 0 Å². The highest BCUT2D eigenvalue weighted by Crippen LogP contribution is 2.71. The third-order valence-electron chi connectivity index (χ3n) is 9.23. The fourth-order valence-electron chi connectivity index (χ4n) is 7.57. The normalized spacial score (nSPS) is 49.7. The lowest BCUT2D eigenvalue weighted by Crippen LogP contribution is -2.70. The van der Waals surface area contributed by atoms with Crippen molar-refractivity contribution in [3.63, 3.8) is 0 Å². The molecule has 0 aliphatic heterocycles.